The maximum atomic E-state index is 13.6. The predicted octanol–water partition coefficient (Wildman–Crippen LogP) is 3.62. The number of rotatable bonds is 3. The summed E-state index contributed by atoms with van der Waals surface area (Å²) in [4.78, 5) is 12.1. The monoisotopic (exact) mass is 228 g/mol. The molecular formula is C15H13FO. The van der Waals surface area contributed by atoms with Gasteiger partial charge in [0.25, 0.3) is 0 Å². The Morgan fingerprint density at radius 2 is 1.82 bits per heavy atom. The Morgan fingerprint density at radius 1 is 1.12 bits per heavy atom. The van der Waals surface area contributed by atoms with Crippen LogP contribution in [-0.4, -0.2) is 5.78 Å². The summed E-state index contributed by atoms with van der Waals surface area (Å²) < 4.78 is 13.6. The number of benzene rings is 2. The van der Waals surface area contributed by atoms with Gasteiger partial charge in [-0.15, -0.1) is 0 Å². The van der Waals surface area contributed by atoms with Crippen molar-refractivity contribution < 1.29 is 9.18 Å². The van der Waals surface area contributed by atoms with Gasteiger partial charge in [-0.25, -0.2) is 4.39 Å². The lowest BCUT2D eigenvalue weighted by atomic mass is 10.00. The maximum Gasteiger partial charge on any atom is 0.195 e. The van der Waals surface area contributed by atoms with Crippen molar-refractivity contribution in [2.45, 2.75) is 13.3 Å². The molecule has 0 aliphatic carbocycles. The number of halogens is 1. The van der Waals surface area contributed by atoms with Crippen molar-refractivity contribution in [1.82, 2.24) is 0 Å². The quantitative estimate of drug-likeness (QED) is 0.733. The van der Waals surface area contributed by atoms with E-state index in [-0.39, 0.29) is 11.3 Å². The summed E-state index contributed by atoms with van der Waals surface area (Å²) >= 11 is 0. The molecule has 0 spiro atoms. The molecule has 17 heavy (non-hydrogen) atoms. The van der Waals surface area contributed by atoms with Crippen LogP contribution in [0.3, 0.4) is 0 Å². The molecule has 0 aliphatic heterocycles. The minimum Gasteiger partial charge on any atom is -0.288 e. The molecule has 0 N–H and O–H groups in total. The Bertz CT molecular complexity index is 532. The summed E-state index contributed by atoms with van der Waals surface area (Å²) in [7, 11) is 0. The summed E-state index contributed by atoms with van der Waals surface area (Å²) in [5.41, 5.74) is 1.63. The van der Waals surface area contributed by atoms with Gasteiger partial charge in [-0.3, -0.25) is 4.79 Å². The fraction of sp³-hybridized carbons (Fsp3) is 0.133. The van der Waals surface area contributed by atoms with E-state index in [4.69, 9.17) is 0 Å². The number of hydrogen-bond acceptors (Lipinski definition) is 1. The van der Waals surface area contributed by atoms with E-state index in [1.807, 2.05) is 13.0 Å². The third kappa shape index (κ3) is 2.41. The number of carbonyl (C=O) groups is 1. The zero-order valence-corrected chi connectivity index (χ0v) is 9.61. The highest BCUT2D eigenvalue weighted by Gasteiger charge is 2.13. The number of hydrogen-bond donors (Lipinski definition) is 0. The van der Waals surface area contributed by atoms with Crippen LogP contribution in [-0.2, 0) is 6.42 Å². The second-order valence-corrected chi connectivity index (χ2v) is 3.86. The largest absolute Gasteiger partial charge is 0.288 e. The van der Waals surface area contributed by atoms with Gasteiger partial charge in [-0.2, -0.15) is 0 Å². The van der Waals surface area contributed by atoms with E-state index < -0.39 is 5.82 Å². The first-order valence-electron chi connectivity index (χ1n) is 5.60. The van der Waals surface area contributed by atoms with Crippen molar-refractivity contribution in [2.75, 3.05) is 0 Å². The third-order valence-corrected chi connectivity index (χ3v) is 2.72. The van der Waals surface area contributed by atoms with Crippen LogP contribution in [0.1, 0.15) is 28.4 Å². The van der Waals surface area contributed by atoms with Crippen LogP contribution in [0.5, 0.6) is 0 Å². The molecule has 0 fully saturated rings. The molecule has 2 heteroatoms. The van der Waals surface area contributed by atoms with Crippen molar-refractivity contribution in [1.29, 1.82) is 0 Å². The summed E-state index contributed by atoms with van der Waals surface area (Å²) in [6.45, 7) is 1.98. The van der Waals surface area contributed by atoms with Crippen molar-refractivity contribution in [2.24, 2.45) is 0 Å². The van der Waals surface area contributed by atoms with Crippen LogP contribution in [0.4, 0.5) is 4.39 Å². The van der Waals surface area contributed by atoms with Gasteiger partial charge in [0.05, 0.1) is 5.56 Å². The average molecular weight is 228 g/mol. The van der Waals surface area contributed by atoms with Gasteiger partial charge < -0.3 is 0 Å². The molecule has 86 valence electrons. The van der Waals surface area contributed by atoms with Gasteiger partial charge in [-0.1, -0.05) is 43.3 Å². The van der Waals surface area contributed by atoms with E-state index >= 15 is 0 Å². The first-order valence-corrected chi connectivity index (χ1v) is 5.60. The molecule has 2 rings (SSSR count). The molecule has 0 bridgehead atoms. The second kappa shape index (κ2) is 4.91. The average Bonchev–Trinajstić information content (AvgIpc) is 2.39. The SMILES string of the molecule is CCc1ccc(F)c(C(=O)c2ccccc2)c1. The predicted molar refractivity (Wildman–Crippen MR) is 65.7 cm³/mol. The van der Waals surface area contributed by atoms with Crippen LogP contribution in [0.2, 0.25) is 0 Å². The molecule has 0 aliphatic rings. The van der Waals surface area contributed by atoms with Gasteiger partial charge in [-0.05, 0) is 24.1 Å². The van der Waals surface area contributed by atoms with Gasteiger partial charge >= 0.3 is 0 Å². The van der Waals surface area contributed by atoms with Gasteiger partial charge in [0.1, 0.15) is 5.82 Å². The lowest BCUT2D eigenvalue weighted by Crippen LogP contribution is -2.04. The Kier molecular flexibility index (Phi) is 3.33. The van der Waals surface area contributed by atoms with E-state index in [0.29, 0.717) is 5.56 Å². The lowest BCUT2D eigenvalue weighted by molar-refractivity contribution is 0.103. The molecule has 2 aromatic carbocycles. The number of ketones is 1. The minimum atomic E-state index is -0.462. The van der Waals surface area contributed by atoms with Crippen molar-refractivity contribution in [3.63, 3.8) is 0 Å². The molecule has 1 nitrogen and oxygen atoms in total. The minimum absolute atomic E-state index is 0.149. The van der Waals surface area contributed by atoms with E-state index in [1.165, 1.54) is 6.07 Å². The molecule has 0 heterocycles. The Labute approximate surface area is 99.9 Å². The summed E-state index contributed by atoms with van der Waals surface area (Å²) in [5, 5.41) is 0. The molecule has 0 amide bonds. The Balaban J connectivity index is 2.44. The Hall–Kier alpha value is -1.96. The number of aryl methyl sites for hydroxylation is 1. The highest BCUT2D eigenvalue weighted by molar-refractivity contribution is 6.09. The highest BCUT2D eigenvalue weighted by Crippen LogP contribution is 2.15. The van der Waals surface area contributed by atoms with Crippen LogP contribution in [0.15, 0.2) is 48.5 Å². The molecule has 0 saturated heterocycles. The molecule has 0 radical (unpaired) electrons. The summed E-state index contributed by atoms with van der Waals surface area (Å²) in [6.07, 6.45) is 0.787. The Morgan fingerprint density at radius 3 is 2.47 bits per heavy atom. The summed E-state index contributed by atoms with van der Waals surface area (Å²) in [5.74, 6) is -0.727. The third-order valence-electron chi connectivity index (χ3n) is 2.72. The van der Waals surface area contributed by atoms with E-state index in [2.05, 4.69) is 0 Å². The maximum absolute atomic E-state index is 13.6. The van der Waals surface area contributed by atoms with E-state index in [1.54, 1.807) is 36.4 Å². The first-order chi connectivity index (χ1) is 8.22. The lowest BCUT2D eigenvalue weighted by Gasteiger charge is -2.05. The van der Waals surface area contributed by atoms with Crippen LogP contribution in [0, 0.1) is 5.82 Å². The van der Waals surface area contributed by atoms with E-state index in [0.717, 1.165) is 12.0 Å². The smallest absolute Gasteiger partial charge is 0.195 e. The summed E-state index contributed by atoms with van der Waals surface area (Å²) in [6, 6.07) is 13.5. The van der Waals surface area contributed by atoms with Gasteiger partial charge in [0, 0.05) is 5.56 Å². The molecule has 2 aromatic rings. The topological polar surface area (TPSA) is 17.1 Å². The van der Waals surface area contributed by atoms with E-state index in [9.17, 15) is 9.18 Å². The molecular weight excluding hydrogens is 215 g/mol. The fourth-order valence-corrected chi connectivity index (χ4v) is 1.71. The molecule has 0 unspecified atom stereocenters. The van der Waals surface area contributed by atoms with Crippen molar-refractivity contribution in [3.05, 3.63) is 71.0 Å². The first kappa shape index (κ1) is 11.5. The van der Waals surface area contributed by atoms with Gasteiger partial charge in [0.2, 0.25) is 0 Å². The zero-order chi connectivity index (χ0) is 12.3. The fourth-order valence-electron chi connectivity index (χ4n) is 1.71. The molecule has 0 atom stereocenters. The van der Waals surface area contributed by atoms with Crippen LogP contribution < -0.4 is 0 Å². The van der Waals surface area contributed by atoms with Crippen LogP contribution >= 0.6 is 0 Å². The van der Waals surface area contributed by atoms with Crippen molar-refractivity contribution >= 4 is 5.78 Å². The highest BCUT2D eigenvalue weighted by atomic mass is 19.1. The van der Waals surface area contributed by atoms with Crippen molar-refractivity contribution in [3.8, 4) is 0 Å². The van der Waals surface area contributed by atoms with Crippen LogP contribution in [0.25, 0.3) is 0 Å². The molecule has 0 aromatic heterocycles. The zero-order valence-electron chi connectivity index (χ0n) is 9.61. The molecule has 0 saturated carbocycles. The van der Waals surface area contributed by atoms with Gasteiger partial charge in [0.15, 0.2) is 5.78 Å². The second-order valence-electron chi connectivity index (χ2n) is 3.86. The normalized spacial score (nSPS) is 10.2. The number of carbonyl (C=O) groups excluding carboxylic acids is 1. The standard InChI is InChI=1S/C15H13FO/c1-2-11-8-9-14(16)13(10-11)15(17)12-6-4-3-5-7-12/h3-10H,2H2,1H3.